The Labute approximate surface area is 142 Å². The van der Waals surface area contributed by atoms with Crippen molar-refractivity contribution in [3.8, 4) is 11.5 Å². The minimum atomic E-state index is 0.473. The smallest absolute Gasteiger partial charge is 0.188 e. The highest BCUT2D eigenvalue weighted by Gasteiger charge is 2.04. The number of nitrogens with zero attached hydrogens (tertiary/aromatic N) is 3. The van der Waals surface area contributed by atoms with Crippen molar-refractivity contribution >= 4 is 5.96 Å². The summed E-state index contributed by atoms with van der Waals surface area (Å²) in [5.74, 6) is 1.94. The zero-order chi connectivity index (χ0) is 17.2. The lowest BCUT2D eigenvalue weighted by Gasteiger charge is -2.10. The minimum absolute atomic E-state index is 0.473. The van der Waals surface area contributed by atoms with E-state index in [2.05, 4.69) is 15.3 Å². The lowest BCUT2D eigenvalue weighted by Crippen LogP contribution is -2.33. The molecule has 7 nitrogen and oxygen atoms in total. The molecule has 0 amide bonds. The molecule has 0 aliphatic rings. The Morgan fingerprint density at radius 1 is 1.29 bits per heavy atom. The molecule has 0 atom stereocenters. The molecule has 24 heavy (non-hydrogen) atoms. The Morgan fingerprint density at radius 3 is 2.83 bits per heavy atom. The third kappa shape index (κ3) is 5.49. The van der Waals surface area contributed by atoms with Gasteiger partial charge in [-0.2, -0.15) is 0 Å². The standard InChI is InChI=1S/C17H25N5O2/c1-23-15-5-4-14(12-16(15)24-2)6-8-21-17(18)20-7-3-10-22-11-9-19-13-22/h4-5,9,11-13H,3,6-8,10H2,1-2H3,(H3,18,20,21). The van der Waals surface area contributed by atoms with Gasteiger partial charge >= 0.3 is 0 Å². The van der Waals surface area contributed by atoms with E-state index in [-0.39, 0.29) is 0 Å². The summed E-state index contributed by atoms with van der Waals surface area (Å²) in [6.07, 6.45) is 7.26. The Hall–Kier alpha value is -2.70. The summed E-state index contributed by atoms with van der Waals surface area (Å²) in [5, 5.41) is 3.13. The molecule has 0 saturated heterocycles. The minimum Gasteiger partial charge on any atom is -0.493 e. The van der Waals surface area contributed by atoms with E-state index in [0.29, 0.717) is 19.0 Å². The Balaban J connectivity index is 1.69. The van der Waals surface area contributed by atoms with Crippen molar-refractivity contribution in [2.45, 2.75) is 19.4 Å². The van der Waals surface area contributed by atoms with Gasteiger partial charge < -0.3 is 25.1 Å². The number of nitrogens with one attached hydrogen (secondary N) is 1. The SMILES string of the molecule is COc1ccc(CCNC(N)=NCCCn2ccnc2)cc1OC. The summed E-state index contributed by atoms with van der Waals surface area (Å²) in [4.78, 5) is 8.32. The van der Waals surface area contributed by atoms with Crippen molar-refractivity contribution in [3.05, 3.63) is 42.5 Å². The van der Waals surface area contributed by atoms with Crippen LogP contribution in [-0.4, -0.2) is 42.8 Å². The normalized spacial score (nSPS) is 11.3. The van der Waals surface area contributed by atoms with E-state index in [9.17, 15) is 0 Å². The fourth-order valence-corrected chi connectivity index (χ4v) is 2.30. The van der Waals surface area contributed by atoms with E-state index >= 15 is 0 Å². The average Bonchev–Trinajstić information content (AvgIpc) is 3.12. The third-order valence-corrected chi connectivity index (χ3v) is 3.58. The van der Waals surface area contributed by atoms with E-state index in [4.69, 9.17) is 15.2 Å². The second-order valence-electron chi connectivity index (χ2n) is 5.29. The van der Waals surface area contributed by atoms with Crippen LogP contribution < -0.4 is 20.5 Å². The third-order valence-electron chi connectivity index (χ3n) is 3.58. The molecule has 0 aliphatic carbocycles. The molecule has 3 N–H and O–H groups in total. The topological polar surface area (TPSA) is 86.7 Å². The molecule has 0 unspecified atom stereocenters. The van der Waals surface area contributed by atoms with Crippen molar-refractivity contribution in [2.75, 3.05) is 27.3 Å². The van der Waals surface area contributed by atoms with E-state index in [0.717, 1.165) is 36.4 Å². The van der Waals surface area contributed by atoms with Crippen LogP contribution in [0.5, 0.6) is 11.5 Å². The molecule has 0 aliphatic heterocycles. The number of imidazole rings is 1. The van der Waals surface area contributed by atoms with Crippen molar-refractivity contribution in [2.24, 2.45) is 10.7 Å². The number of rotatable bonds is 9. The first-order valence-corrected chi connectivity index (χ1v) is 7.93. The summed E-state index contributed by atoms with van der Waals surface area (Å²) in [6.45, 7) is 2.29. The van der Waals surface area contributed by atoms with Gasteiger partial charge in [-0.1, -0.05) is 6.07 Å². The predicted molar refractivity (Wildman–Crippen MR) is 94.6 cm³/mol. The lowest BCUT2D eigenvalue weighted by molar-refractivity contribution is 0.354. The number of aliphatic imine (C=N–C) groups is 1. The molecule has 1 heterocycles. The van der Waals surface area contributed by atoms with Gasteiger partial charge in [0.1, 0.15) is 0 Å². The van der Waals surface area contributed by atoms with E-state index < -0.39 is 0 Å². The van der Waals surface area contributed by atoms with Crippen molar-refractivity contribution in [1.82, 2.24) is 14.9 Å². The molecule has 1 aromatic heterocycles. The maximum absolute atomic E-state index is 5.87. The van der Waals surface area contributed by atoms with Crippen molar-refractivity contribution < 1.29 is 9.47 Å². The van der Waals surface area contributed by atoms with Crippen molar-refractivity contribution in [1.29, 1.82) is 0 Å². The molecule has 0 fully saturated rings. The highest BCUT2D eigenvalue weighted by molar-refractivity contribution is 5.77. The number of methoxy groups -OCH3 is 2. The first kappa shape index (κ1) is 17.7. The van der Waals surface area contributed by atoms with Gasteiger partial charge in [-0.15, -0.1) is 0 Å². The van der Waals surface area contributed by atoms with Crippen LogP contribution in [0.15, 0.2) is 41.9 Å². The Kier molecular flexibility index (Phi) is 6.94. The number of benzene rings is 1. The Morgan fingerprint density at radius 2 is 2.12 bits per heavy atom. The van der Waals surface area contributed by atoms with Crippen molar-refractivity contribution in [3.63, 3.8) is 0 Å². The summed E-state index contributed by atoms with van der Waals surface area (Å²) >= 11 is 0. The molecule has 0 saturated carbocycles. The fourth-order valence-electron chi connectivity index (χ4n) is 2.30. The molecule has 0 bridgehead atoms. The number of ether oxygens (including phenoxy) is 2. The predicted octanol–water partition coefficient (Wildman–Crippen LogP) is 1.44. The second-order valence-corrected chi connectivity index (χ2v) is 5.29. The molecule has 1 aromatic carbocycles. The number of hydrogen-bond donors (Lipinski definition) is 2. The van der Waals surface area contributed by atoms with Gasteiger partial charge in [0.05, 0.1) is 20.5 Å². The number of aromatic nitrogens is 2. The maximum atomic E-state index is 5.87. The van der Waals surface area contributed by atoms with Crippen LogP contribution in [0.1, 0.15) is 12.0 Å². The molecule has 0 spiro atoms. The zero-order valence-corrected chi connectivity index (χ0v) is 14.2. The fraction of sp³-hybridized carbons (Fsp3) is 0.412. The highest BCUT2D eigenvalue weighted by atomic mass is 16.5. The summed E-state index contributed by atoms with van der Waals surface area (Å²) in [6, 6.07) is 5.89. The molecule has 2 rings (SSSR count). The first-order valence-electron chi connectivity index (χ1n) is 7.93. The number of aryl methyl sites for hydroxylation is 1. The van der Waals surface area contributed by atoms with Gasteiger partial charge in [-0.05, 0) is 30.5 Å². The summed E-state index contributed by atoms with van der Waals surface area (Å²) in [7, 11) is 3.26. The quantitative estimate of drug-likeness (QED) is 0.412. The summed E-state index contributed by atoms with van der Waals surface area (Å²) < 4.78 is 12.6. The van der Waals surface area contributed by atoms with E-state index in [1.54, 1.807) is 26.7 Å². The van der Waals surface area contributed by atoms with Crippen LogP contribution >= 0.6 is 0 Å². The number of hydrogen-bond acceptors (Lipinski definition) is 4. The molecule has 0 radical (unpaired) electrons. The van der Waals surface area contributed by atoms with Gasteiger partial charge in [0.15, 0.2) is 17.5 Å². The number of guanidine groups is 1. The van der Waals surface area contributed by atoms with Crippen LogP contribution in [-0.2, 0) is 13.0 Å². The molecule has 130 valence electrons. The molecule has 2 aromatic rings. The molecular formula is C17H25N5O2. The van der Waals surface area contributed by atoms with E-state index in [1.165, 1.54) is 0 Å². The van der Waals surface area contributed by atoms with Crippen LogP contribution in [0.3, 0.4) is 0 Å². The van der Waals surface area contributed by atoms with Crippen LogP contribution in [0.2, 0.25) is 0 Å². The Bertz CT molecular complexity index is 640. The van der Waals surface area contributed by atoms with Gasteiger partial charge in [0.25, 0.3) is 0 Å². The number of nitrogens with two attached hydrogens (primary N) is 1. The van der Waals surface area contributed by atoms with Gasteiger partial charge in [-0.3, -0.25) is 4.99 Å². The average molecular weight is 331 g/mol. The molecular weight excluding hydrogens is 306 g/mol. The zero-order valence-electron chi connectivity index (χ0n) is 14.2. The second kappa shape index (κ2) is 9.44. The maximum Gasteiger partial charge on any atom is 0.188 e. The van der Waals surface area contributed by atoms with Crippen LogP contribution in [0.25, 0.3) is 0 Å². The summed E-state index contributed by atoms with van der Waals surface area (Å²) in [5.41, 5.74) is 7.02. The first-order chi connectivity index (χ1) is 11.7. The van der Waals surface area contributed by atoms with Crippen LogP contribution in [0, 0.1) is 0 Å². The van der Waals surface area contributed by atoms with Gasteiger partial charge in [0.2, 0.25) is 0 Å². The lowest BCUT2D eigenvalue weighted by atomic mass is 10.1. The highest BCUT2D eigenvalue weighted by Crippen LogP contribution is 2.27. The van der Waals surface area contributed by atoms with Crippen LogP contribution in [0.4, 0.5) is 0 Å². The van der Waals surface area contributed by atoms with Gasteiger partial charge in [-0.25, -0.2) is 4.98 Å². The largest absolute Gasteiger partial charge is 0.493 e. The molecule has 7 heteroatoms. The van der Waals surface area contributed by atoms with Gasteiger partial charge in [0, 0.05) is 32.0 Å². The monoisotopic (exact) mass is 331 g/mol. The van der Waals surface area contributed by atoms with E-state index in [1.807, 2.05) is 29.0 Å².